The van der Waals surface area contributed by atoms with Crippen LogP contribution >= 0.6 is 0 Å². The number of carbonyl (C=O) groups is 1. The lowest BCUT2D eigenvalue weighted by Crippen LogP contribution is -2.33. The average molecular weight is 378 g/mol. The van der Waals surface area contributed by atoms with Crippen molar-refractivity contribution in [2.24, 2.45) is 0 Å². The fourth-order valence-electron chi connectivity index (χ4n) is 4.13. The molecule has 0 bridgehead atoms. The molecule has 1 aliphatic rings. The number of para-hydroxylation sites is 1. The lowest BCUT2D eigenvalue weighted by Gasteiger charge is -2.17. The van der Waals surface area contributed by atoms with E-state index in [1.807, 2.05) is 24.3 Å². The summed E-state index contributed by atoms with van der Waals surface area (Å²) in [6.45, 7) is 2.79. The zero-order valence-corrected chi connectivity index (χ0v) is 16.6. The number of H-pyrrole nitrogens is 1. The van der Waals surface area contributed by atoms with Gasteiger partial charge in [0, 0.05) is 28.6 Å². The van der Waals surface area contributed by atoms with Crippen molar-refractivity contribution in [3.63, 3.8) is 0 Å². The largest absolute Gasteiger partial charge is 0.493 e. The van der Waals surface area contributed by atoms with Crippen molar-refractivity contribution in [2.45, 2.75) is 31.6 Å². The molecular formula is C23H26N2O3. The number of carbonyl (C=O) groups excluding carboxylic acids is 1. The van der Waals surface area contributed by atoms with Crippen molar-refractivity contribution in [1.82, 2.24) is 10.3 Å². The van der Waals surface area contributed by atoms with Gasteiger partial charge in [-0.25, -0.2) is 0 Å². The standard InChI is InChI=1S/C23H26N2O3/c1-15-22(17-6-4-5-7-18(17)25-15)23(10-11-23)14-24-21(26)13-16-8-9-19(27-2)20(12-16)28-3/h4-9,12,25H,10-11,13-14H2,1-3H3,(H,24,26). The predicted molar refractivity (Wildman–Crippen MR) is 110 cm³/mol. The third-order valence-electron chi connectivity index (χ3n) is 5.71. The van der Waals surface area contributed by atoms with Gasteiger partial charge in [-0.1, -0.05) is 24.3 Å². The van der Waals surface area contributed by atoms with Crippen LogP contribution in [-0.4, -0.2) is 31.7 Å². The zero-order chi connectivity index (χ0) is 19.7. The zero-order valence-electron chi connectivity index (χ0n) is 16.6. The van der Waals surface area contributed by atoms with Gasteiger partial charge in [-0.15, -0.1) is 0 Å². The molecule has 3 aromatic rings. The molecular weight excluding hydrogens is 352 g/mol. The van der Waals surface area contributed by atoms with E-state index in [1.54, 1.807) is 14.2 Å². The molecule has 0 unspecified atom stereocenters. The number of rotatable bonds is 7. The van der Waals surface area contributed by atoms with Crippen LogP contribution in [0.1, 0.15) is 29.7 Å². The van der Waals surface area contributed by atoms with Crippen molar-refractivity contribution >= 4 is 16.8 Å². The Morgan fingerprint density at radius 3 is 2.57 bits per heavy atom. The van der Waals surface area contributed by atoms with Crippen molar-refractivity contribution in [1.29, 1.82) is 0 Å². The van der Waals surface area contributed by atoms with Crippen LogP contribution in [0.5, 0.6) is 11.5 Å². The molecule has 0 atom stereocenters. The number of aryl methyl sites for hydroxylation is 1. The van der Waals surface area contributed by atoms with E-state index in [1.165, 1.54) is 16.6 Å². The minimum atomic E-state index is 0.0241. The molecule has 146 valence electrons. The molecule has 5 nitrogen and oxygen atoms in total. The van der Waals surface area contributed by atoms with Crippen molar-refractivity contribution in [2.75, 3.05) is 20.8 Å². The molecule has 1 amide bonds. The van der Waals surface area contributed by atoms with Gasteiger partial charge >= 0.3 is 0 Å². The summed E-state index contributed by atoms with van der Waals surface area (Å²) >= 11 is 0. The highest BCUT2D eigenvalue weighted by atomic mass is 16.5. The summed E-state index contributed by atoms with van der Waals surface area (Å²) in [6.07, 6.45) is 2.53. The SMILES string of the molecule is COc1ccc(CC(=O)NCC2(c3c(C)[nH]c4ccccc34)CC2)cc1OC. The van der Waals surface area contributed by atoms with E-state index in [9.17, 15) is 4.79 Å². The fourth-order valence-corrected chi connectivity index (χ4v) is 4.13. The van der Waals surface area contributed by atoms with Crippen LogP contribution in [0.25, 0.3) is 10.9 Å². The van der Waals surface area contributed by atoms with E-state index in [-0.39, 0.29) is 11.3 Å². The van der Waals surface area contributed by atoms with E-state index in [0.717, 1.165) is 23.9 Å². The van der Waals surface area contributed by atoms with Crippen molar-refractivity contribution in [3.05, 3.63) is 59.3 Å². The summed E-state index contributed by atoms with van der Waals surface area (Å²) in [5.74, 6) is 1.33. The maximum absolute atomic E-state index is 12.6. The molecule has 0 spiro atoms. The van der Waals surface area contributed by atoms with E-state index in [4.69, 9.17) is 9.47 Å². The van der Waals surface area contributed by atoms with Crippen molar-refractivity contribution < 1.29 is 14.3 Å². The van der Waals surface area contributed by atoms with Gasteiger partial charge in [0.25, 0.3) is 0 Å². The number of ether oxygens (including phenoxy) is 2. The summed E-state index contributed by atoms with van der Waals surface area (Å²) in [5, 5.41) is 4.43. The molecule has 1 saturated carbocycles. The van der Waals surface area contributed by atoms with Crippen LogP contribution in [0.4, 0.5) is 0 Å². The Bertz CT molecular complexity index is 1020. The quantitative estimate of drug-likeness (QED) is 0.656. The first kappa shape index (κ1) is 18.4. The number of fused-ring (bicyclic) bond motifs is 1. The van der Waals surface area contributed by atoms with Gasteiger partial charge in [0.2, 0.25) is 5.91 Å². The summed E-state index contributed by atoms with van der Waals surface area (Å²) in [6, 6.07) is 14.0. The minimum Gasteiger partial charge on any atom is -0.493 e. The van der Waals surface area contributed by atoms with Crippen LogP contribution < -0.4 is 14.8 Å². The number of amides is 1. The highest BCUT2D eigenvalue weighted by Crippen LogP contribution is 2.51. The summed E-state index contributed by atoms with van der Waals surface area (Å²) in [4.78, 5) is 16.1. The van der Waals surface area contributed by atoms with Gasteiger partial charge in [-0.2, -0.15) is 0 Å². The minimum absolute atomic E-state index is 0.0241. The normalized spacial score (nSPS) is 14.7. The molecule has 0 aliphatic heterocycles. The fraction of sp³-hybridized carbons (Fsp3) is 0.348. The Kier molecular flexibility index (Phi) is 4.75. The Morgan fingerprint density at radius 1 is 1.11 bits per heavy atom. The topological polar surface area (TPSA) is 63.3 Å². The molecule has 1 aliphatic carbocycles. The molecule has 2 aromatic carbocycles. The number of benzene rings is 2. The van der Waals surface area contributed by atoms with Gasteiger partial charge in [0.1, 0.15) is 0 Å². The number of hydrogen-bond acceptors (Lipinski definition) is 3. The second kappa shape index (κ2) is 7.23. The van der Waals surface area contributed by atoms with Gasteiger partial charge in [0.15, 0.2) is 11.5 Å². The first-order valence-electron chi connectivity index (χ1n) is 9.62. The molecule has 0 radical (unpaired) electrons. The molecule has 28 heavy (non-hydrogen) atoms. The Balaban J connectivity index is 1.45. The van der Waals surface area contributed by atoms with E-state index in [2.05, 4.69) is 35.4 Å². The third-order valence-corrected chi connectivity index (χ3v) is 5.71. The smallest absolute Gasteiger partial charge is 0.224 e. The maximum atomic E-state index is 12.6. The molecule has 5 heteroatoms. The van der Waals surface area contributed by atoms with Crippen LogP contribution in [0.3, 0.4) is 0 Å². The molecule has 4 rings (SSSR count). The Labute approximate surface area is 165 Å². The average Bonchev–Trinajstić information content (AvgIpc) is 3.40. The van der Waals surface area contributed by atoms with Gasteiger partial charge in [-0.05, 0) is 49.1 Å². The van der Waals surface area contributed by atoms with E-state index < -0.39 is 0 Å². The maximum Gasteiger partial charge on any atom is 0.224 e. The van der Waals surface area contributed by atoms with Crippen LogP contribution in [0.2, 0.25) is 0 Å². The monoisotopic (exact) mass is 378 g/mol. The van der Waals surface area contributed by atoms with Crippen molar-refractivity contribution in [3.8, 4) is 11.5 Å². The Morgan fingerprint density at radius 2 is 1.86 bits per heavy atom. The third kappa shape index (κ3) is 3.33. The van der Waals surface area contributed by atoms with E-state index in [0.29, 0.717) is 24.5 Å². The lowest BCUT2D eigenvalue weighted by molar-refractivity contribution is -0.120. The van der Waals surface area contributed by atoms with Gasteiger partial charge in [0.05, 0.1) is 20.6 Å². The lowest BCUT2D eigenvalue weighted by atomic mass is 9.93. The number of aromatic amines is 1. The second-order valence-electron chi connectivity index (χ2n) is 7.59. The van der Waals surface area contributed by atoms with Gasteiger partial charge < -0.3 is 19.8 Å². The molecule has 1 heterocycles. The molecule has 1 aromatic heterocycles. The van der Waals surface area contributed by atoms with Crippen LogP contribution in [0.15, 0.2) is 42.5 Å². The first-order valence-corrected chi connectivity index (χ1v) is 9.62. The molecule has 0 saturated heterocycles. The summed E-state index contributed by atoms with van der Waals surface area (Å²) in [7, 11) is 3.20. The number of nitrogens with one attached hydrogen (secondary N) is 2. The summed E-state index contributed by atoms with van der Waals surface area (Å²) in [5.41, 5.74) is 4.68. The molecule has 1 fully saturated rings. The number of methoxy groups -OCH3 is 2. The Hall–Kier alpha value is -2.95. The van der Waals surface area contributed by atoms with Crippen LogP contribution in [0, 0.1) is 6.92 Å². The second-order valence-corrected chi connectivity index (χ2v) is 7.59. The number of hydrogen-bond donors (Lipinski definition) is 2. The predicted octanol–water partition coefficient (Wildman–Crippen LogP) is 3.88. The van der Waals surface area contributed by atoms with Crippen LogP contribution in [-0.2, 0) is 16.6 Å². The summed E-state index contributed by atoms with van der Waals surface area (Å²) < 4.78 is 10.6. The van der Waals surface area contributed by atoms with E-state index >= 15 is 0 Å². The molecule has 2 N–H and O–H groups in total. The highest BCUT2D eigenvalue weighted by molar-refractivity contribution is 5.86. The highest BCUT2D eigenvalue weighted by Gasteiger charge is 2.46. The number of aromatic nitrogens is 1. The first-order chi connectivity index (χ1) is 13.6. The van der Waals surface area contributed by atoms with Gasteiger partial charge in [-0.3, -0.25) is 4.79 Å².